The van der Waals surface area contributed by atoms with Crippen molar-refractivity contribution in [2.75, 3.05) is 0 Å². The Morgan fingerprint density at radius 3 is 1.88 bits per heavy atom. The van der Waals surface area contributed by atoms with Crippen LogP contribution in [-0.4, -0.2) is 8.07 Å². The SMILES string of the molecule is CC(C)(C)[Si](C)(C)CCc1ccc(CBr)cc1. The molecule has 0 amide bonds. The lowest BCUT2D eigenvalue weighted by atomic mass is 10.1. The van der Waals surface area contributed by atoms with E-state index in [0.29, 0.717) is 5.04 Å². The summed E-state index contributed by atoms with van der Waals surface area (Å²) in [6, 6.07) is 10.4. The Balaban J connectivity index is 2.61. The minimum Gasteiger partial charge on any atom is -0.0876 e. The van der Waals surface area contributed by atoms with Gasteiger partial charge in [0.05, 0.1) is 8.07 Å². The fourth-order valence-corrected chi connectivity index (χ4v) is 3.66. The fraction of sp³-hybridized carbons (Fsp3) is 0.600. The van der Waals surface area contributed by atoms with E-state index in [0.717, 1.165) is 5.33 Å². The zero-order chi connectivity index (χ0) is 13.1. The van der Waals surface area contributed by atoms with Crippen molar-refractivity contribution in [2.24, 2.45) is 0 Å². The van der Waals surface area contributed by atoms with E-state index < -0.39 is 8.07 Å². The molecule has 17 heavy (non-hydrogen) atoms. The van der Waals surface area contributed by atoms with Crippen molar-refractivity contribution in [1.82, 2.24) is 0 Å². The van der Waals surface area contributed by atoms with E-state index in [1.165, 1.54) is 23.6 Å². The van der Waals surface area contributed by atoms with E-state index in [4.69, 9.17) is 0 Å². The number of hydrogen-bond acceptors (Lipinski definition) is 0. The molecule has 0 unspecified atom stereocenters. The first-order valence-electron chi connectivity index (χ1n) is 6.40. The van der Waals surface area contributed by atoms with Crippen molar-refractivity contribution in [3.8, 4) is 0 Å². The summed E-state index contributed by atoms with van der Waals surface area (Å²) in [4.78, 5) is 0. The van der Waals surface area contributed by atoms with Crippen LogP contribution in [0.4, 0.5) is 0 Å². The van der Waals surface area contributed by atoms with Crippen molar-refractivity contribution < 1.29 is 0 Å². The molecule has 0 bridgehead atoms. The Bertz CT molecular complexity index is 346. The van der Waals surface area contributed by atoms with E-state index in [2.05, 4.69) is 74.1 Å². The molecular weight excluding hydrogens is 288 g/mol. The maximum atomic E-state index is 3.49. The lowest BCUT2D eigenvalue weighted by Gasteiger charge is -2.37. The first-order chi connectivity index (χ1) is 7.76. The van der Waals surface area contributed by atoms with Crippen molar-refractivity contribution >= 4 is 24.0 Å². The van der Waals surface area contributed by atoms with Gasteiger partial charge in [-0.15, -0.1) is 0 Å². The van der Waals surface area contributed by atoms with Gasteiger partial charge in [0.1, 0.15) is 0 Å². The first-order valence-corrected chi connectivity index (χ1v) is 10.7. The molecule has 0 saturated heterocycles. The average molecular weight is 313 g/mol. The summed E-state index contributed by atoms with van der Waals surface area (Å²) in [5.41, 5.74) is 2.85. The molecule has 0 aromatic heterocycles. The van der Waals surface area contributed by atoms with E-state index >= 15 is 0 Å². The standard InChI is InChI=1S/C15H25BrSi/c1-15(2,3)17(4,5)11-10-13-6-8-14(12-16)9-7-13/h6-9H,10-12H2,1-5H3. The number of halogens is 1. The summed E-state index contributed by atoms with van der Waals surface area (Å²) >= 11 is 3.49. The van der Waals surface area contributed by atoms with Crippen molar-refractivity contribution in [3.63, 3.8) is 0 Å². The zero-order valence-corrected chi connectivity index (χ0v) is 14.4. The molecule has 0 atom stereocenters. The Hall–Kier alpha value is -0.0831. The van der Waals surface area contributed by atoms with Crippen molar-refractivity contribution in [2.45, 2.75) is 56.7 Å². The molecule has 1 aromatic rings. The van der Waals surface area contributed by atoms with Gasteiger partial charge in [-0.05, 0) is 22.6 Å². The summed E-state index contributed by atoms with van der Waals surface area (Å²) in [7, 11) is -1.12. The van der Waals surface area contributed by atoms with Crippen LogP contribution in [0.15, 0.2) is 24.3 Å². The third-order valence-corrected chi connectivity index (χ3v) is 10.5. The highest BCUT2D eigenvalue weighted by Gasteiger charge is 2.34. The molecule has 0 heterocycles. The Labute approximate surface area is 116 Å². The van der Waals surface area contributed by atoms with Crippen LogP contribution in [0, 0.1) is 0 Å². The second-order valence-electron chi connectivity index (χ2n) is 6.58. The normalized spacial score (nSPS) is 12.8. The smallest absolute Gasteiger partial charge is 0.0530 e. The fourth-order valence-electron chi connectivity index (χ4n) is 1.63. The van der Waals surface area contributed by atoms with Crippen LogP contribution >= 0.6 is 15.9 Å². The van der Waals surface area contributed by atoms with Crippen LogP contribution in [0.3, 0.4) is 0 Å². The summed E-state index contributed by atoms with van der Waals surface area (Å²) in [5.74, 6) is 0. The van der Waals surface area contributed by atoms with E-state index in [1.54, 1.807) is 0 Å². The van der Waals surface area contributed by atoms with E-state index in [9.17, 15) is 0 Å². The lowest BCUT2D eigenvalue weighted by Crippen LogP contribution is -2.37. The van der Waals surface area contributed by atoms with Gasteiger partial charge in [-0.3, -0.25) is 0 Å². The average Bonchev–Trinajstić information content (AvgIpc) is 2.25. The largest absolute Gasteiger partial charge is 0.0876 e. The molecule has 0 aliphatic rings. The number of benzene rings is 1. The summed E-state index contributed by atoms with van der Waals surface area (Å²) < 4.78 is 0. The van der Waals surface area contributed by atoms with Crippen molar-refractivity contribution in [1.29, 1.82) is 0 Å². The third-order valence-electron chi connectivity index (χ3n) is 4.25. The summed E-state index contributed by atoms with van der Waals surface area (Å²) in [5, 5.41) is 1.46. The lowest BCUT2D eigenvalue weighted by molar-refractivity contribution is 0.711. The molecule has 0 aliphatic heterocycles. The predicted molar refractivity (Wildman–Crippen MR) is 84.8 cm³/mol. The molecule has 0 nitrogen and oxygen atoms in total. The highest BCUT2D eigenvalue weighted by atomic mass is 79.9. The molecule has 0 spiro atoms. The first kappa shape index (κ1) is 15.0. The van der Waals surface area contributed by atoms with Crippen LogP contribution in [0.5, 0.6) is 0 Å². The van der Waals surface area contributed by atoms with Gasteiger partial charge in [-0.1, -0.05) is 80.1 Å². The van der Waals surface area contributed by atoms with Crippen LogP contribution < -0.4 is 0 Å². The molecule has 0 radical (unpaired) electrons. The van der Waals surface area contributed by atoms with Gasteiger partial charge in [0.2, 0.25) is 0 Å². The Morgan fingerprint density at radius 2 is 1.47 bits per heavy atom. The van der Waals surface area contributed by atoms with Gasteiger partial charge in [0.15, 0.2) is 0 Å². The molecule has 0 aliphatic carbocycles. The molecule has 0 N–H and O–H groups in total. The molecule has 0 fully saturated rings. The second kappa shape index (κ2) is 5.70. The van der Waals surface area contributed by atoms with Crippen molar-refractivity contribution in [3.05, 3.63) is 35.4 Å². The van der Waals surface area contributed by atoms with E-state index in [-0.39, 0.29) is 0 Å². The highest BCUT2D eigenvalue weighted by molar-refractivity contribution is 9.08. The van der Waals surface area contributed by atoms with E-state index in [1.807, 2.05) is 0 Å². The molecule has 1 rings (SSSR count). The van der Waals surface area contributed by atoms with Crippen LogP contribution in [0.25, 0.3) is 0 Å². The summed E-state index contributed by atoms with van der Waals surface area (Å²) in [6.07, 6.45) is 1.24. The second-order valence-corrected chi connectivity index (χ2v) is 12.9. The number of alkyl halides is 1. The Kier molecular flexibility index (Phi) is 5.03. The highest BCUT2D eigenvalue weighted by Crippen LogP contribution is 2.39. The minimum atomic E-state index is -1.12. The van der Waals surface area contributed by atoms with Gasteiger partial charge in [0, 0.05) is 5.33 Å². The number of rotatable bonds is 4. The van der Waals surface area contributed by atoms with Gasteiger partial charge in [0.25, 0.3) is 0 Å². The quantitative estimate of drug-likeness (QED) is 0.499. The topological polar surface area (TPSA) is 0 Å². The molecule has 1 aromatic carbocycles. The van der Waals surface area contributed by atoms with Gasteiger partial charge >= 0.3 is 0 Å². The molecule has 2 heteroatoms. The van der Waals surface area contributed by atoms with Crippen LogP contribution in [0.1, 0.15) is 31.9 Å². The molecule has 0 saturated carbocycles. The maximum Gasteiger partial charge on any atom is 0.0530 e. The summed E-state index contributed by atoms with van der Waals surface area (Å²) in [6.45, 7) is 12.2. The number of hydrogen-bond donors (Lipinski definition) is 0. The zero-order valence-electron chi connectivity index (χ0n) is 11.8. The maximum absolute atomic E-state index is 3.49. The van der Waals surface area contributed by atoms with Crippen LogP contribution in [0.2, 0.25) is 24.2 Å². The van der Waals surface area contributed by atoms with Gasteiger partial charge in [-0.2, -0.15) is 0 Å². The van der Waals surface area contributed by atoms with Gasteiger partial charge in [-0.25, -0.2) is 0 Å². The monoisotopic (exact) mass is 312 g/mol. The Morgan fingerprint density at radius 1 is 1.00 bits per heavy atom. The molecule has 96 valence electrons. The predicted octanol–water partition coefficient (Wildman–Crippen LogP) is 5.63. The minimum absolute atomic E-state index is 0.503. The number of aryl methyl sites for hydroxylation is 1. The van der Waals surface area contributed by atoms with Gasteiger partial charge < -0.3 is 0 Å². The molecular formula is C15H25BrSi. The third kappa shape index (κ3) is 4.25. The van der Waals surface area contributed by atoms with Crippen LogP contribution in [-0.2, 0) is 11.8 Å².